The van der Waals surface area contributed by atoms with E-state index >= 15 is 0 Å². The molecule has 0 unspecified atom stereocenters. The molecule has 3 aromatic rings. The fourth-order valence-corrected chi connectivity index (χ4v) is 2.24. The second-order valence-electron chi connectivity index (χ2n) is 4.35. The summed E-state index contributed by atoms with van der Waals surface area (Å²) in [5.74, 6) is 0. The van der Waals surface area contributed by atoms with E-state index in [-0.39, 0.29) is 16.5 Å². The number of alkyl halides is 3. The molecule has 0 saturated carbocycles. The van der Waals surface area contributed by atoms with Crippen LogP contribution in [0.5, 0.6) is 0 Å². The van der Waals surface area contributed by atoms with Crippen LogP contribution in [-0.2, 0) is 6.18 Å². The van der Waals surface area contributed by atoms with Gasteiger partial charge in [0.15, 0.2) is 5.69 Å². The molecular weight excluding hydrogens is 265 g/mol. The van der Waals surface area contributed by atoms with Crippen LogP contribution in [0, 0.1) is 11.3 Å². The van der Waals surface area contributed by atoms with E-state index in [0.717, 1.165) is 0 Å². The molecule has 0 aliphatic rings. The molecule has 98 valence electrons. The number of benzene rings is 2. The fraction of sp³-hybridized carbons (Fsp3) is 0.0667. The Bertz CT molecular complexity index is 860. The third-order valence-corrected chi connectivity index (χ3v) is 3.10. The van der Waals surface area contributed by atoms with Gasteiger partial charge in [0.05, 0.1) is 17.1 Å². The summed E-state index contributed by atoms with van der Waals surface area (Å²) in [7, 11) is 0. The summed E-state index contributed by atoms with van der Waals surface area (Å²) in [5, 5.41) is 9.89. The first-order chi connectivity index (χ1) is 9.50. The molecule has 0 fully saturated rings. The number of halogens is 3. The summed E-state index contributed by atoms with van der Waals surface area (Å²) in [5.41, 5.74) is -0.486. The van der Waals surface area contributed by atoms with E-state index in [9.17, 15) is 13.2 Å². The molecule has 0 amide bonds. The Kier molecular flexibility index (Phi) is 2.61. The van der Waals surface area contributed by atoms with Crippen LogP contribution in [0.4, 0.5) is 13.2 Å². The number of aromatic nitrogens is 1. The van der Waals surface area contributed by atoms with Crippen LogP contribution in [0.25, 0.3) is 21.7 Å². The van der Waals surface area contributed by atoms with E-state index in [1.165, 1.54) is 18.2 Å². The molecule has 0 N–H and O–H groups in total. The zero-order valence-electron chi connectivity index (χ0n) is 10.1. The monoisotopic (exact) mass is 272 g/mol. The lowest BCUT2D eigenvalue weighted by Crippen LogP contribution is -2.09. The van der Waals surface area contributed by atoms with Crippen LogP contribution in [0.1, 0.15) is 11.3 Å². The molecule has 0 aliphatic carbocycles. The predicted octanol–water partition coefficient (Wildman–Crippen LogP) is 4.28. The highest BCUT2D eigenvalue weighted by molar-refractivity contribution is 6.07. The molecule has 20 heavy (non-hydrogen) atoms. The van der Waals surface area contributed by atoms with Crippen molar-refractivity contribution in [3.05, 3.63) is 53.7 Å². The van der Waals surface area contributed by atoms with E-state index < -0.39 is 11.9 Å². The second-order valence-corrected chi connectivity index (χ2v) is 4.35. The fourth-order valence-electron chi connectivity index (χ4n) is 2.24. The van der Waals surface area contributed by atoms with Crippen LogP contribution in [0.2, 0.25) is 0 Å². The van der Waals surface area contributed by atoms with Gasteiger partial charge in [-0.05, 0) is 23.6 Å². The summed E-state index contributed by atoms with van der Waals surface area (Å²) in [6.45, 7) is 0. The van der Waals surface area contributed by atoms with Gasteiger partial charge in [0.1, 0.15) is 0 Å². The molecule has 3 rings (SSSR count). The smallest absolute Gasteiger partial charge is 0.243 e. The first-order valence-corrected chi connectivity index (χ1v) is 5.80. The van der Waals surface area contributed by atoms with E-state index in [0.29, 0.717) is 10.8 Å². The maximum atomic E-state index is 13.1. The largest absolute Gasteiger partial charge is 0.433 e. The predicted molar refractivity (Wildman–Crippen MR) is 69.0 cm³/mol. The third kappa shape index (κ3) is 1.86. The summed E-state index contributed by atoms with van der Waals surface area (Å²) in [4.78, 5) is 3.72. The van der Waals surface area contributed by atoms with Gasteiger partial charge in [-0.15, -0.1) is 0 Å². The molecular formula is C15H7F3N2. The average Bonchev–Trinajstić information content (AvgIpc) is 2.44. The lowest BCUT2D eigenvalue weighted by molar-refractivity contribution is -0.139. The molecule has 0 bridgehead atoms. The quantitative estimate of drug-likeness (QED) is 0.573. The third-order valence-electron chi connectivity index (χ3n) is 3.10. The van der Waals surface area contributed by atoms with Crippen LogP contribution in [0.3, 0.4) is 0 Å². The molecule has 0 radical (unpaired) electrons. The first-order valence-electron chi connectivity index (χ1n) is 5.80. The van der Waals surface area contributed by atoms with Gasteiger partial charge < -0.3 is 0 Å². The molecule has 1 aromatic heterocycles. The van der Waals surface area contributed by atoms with Crippen molar-refractivity contribution in [3.63, 3.8) is 0 Å². The molecule has 0 aliphatic heterocycles. The van der Waals surface area contributed by atoms with Gasteiger partial charge >= 0.3 is 6.18 Å². The highest BCUT2D eigenvalue weighted by atomic mass is 19.4. The van der Waals surface area contributed by atoms with E-state index in [1.54, 1.807) is 24.3 Å². The summed E-state index contributed by atoms with van der Waals surface area (Å²) >= 11 is 0. The number of pyridine rings is 1. The Morgan fingerprint density at radius 3 is 2.40 bits per heavy atom. The maximum Gasteiger partial charge on any atom is 0.433 e. The van der Waals surface area contributed by atoms with E-state index in [1.807, 2.05) is 6.07 Å². The summed E-state index contributed by atoms with van der Waals surface area (Å²) in [6, 6.07) is 12.8. The minimum Gasteiger partial charge on any atom is -0.243 e. The Labute approximate surface area is 112 Å². The maximum absolute atomic E-state index is 13.1. The number of para-hydroxylation sites is 1. The van der Waals surface area contributed by atoms with Crippen molar-refractivity contribution < 1.29 is 13.2 Å². The molecule has 0 atom stereocenters. The standard InChI is InChI=1S/C15H7F3N2/c16-15(17,18)14-12-7-9(8-19)5-6-10(12)11-3-1-2-4-13(11)20-14/h1-7H. The van der Waals surface area contributed by atoms with Crippen LogP contribution >= 0.6 is 0 Å². The molecule has 1 heterocycles. The molecule has 2 nitrogen and oxygen atoms in total. The minimum absolute atomic E-state index is 0.0461. The molecule has 5 heteroatoms. The van der Waals surface area contributed by atoms with Crippen molar-refractivity contribution in [1.82, 2.24) is 4.98 Å². The number of hydrogen-bond acceptors (Lipinski definition) is 2. The van der Waals surface area contributed by atoms with Gasteiger partial charge in [-0.3, -0.25) is 0 Å². The number of nitriles is 1. The van der Waals surface area contributed by atoms with Crippen molar-refractivity contribution >= 4 is 21.7 Å². The van der Waals surface area contributed by atoms with Crippen molar-refractivity contribution in [2.75, 3.05) is 0 Å². The van der Waals surface area contributed by atoms with Crippen LogP contribution < -0.4 is 0 Å². The topological polar surface area (TPSA) is 36.7 Å². The van der Waals surface area contributed by atoms with Crippen molar-refractivity contribution in [2.24, 2.45) is 0 Å². The number of rotatable bonds is 0. The lowest BCUT2D eigenvalue weighted by atomic mass is 10.0. The van der Waals surface area contributed by atoms with Crippen LogP contribution in [0.15, 0.2) is 42.5 Å². The SMILES string of the molecule is N#Cc1ccc2c(c1)c(C(F)(F)F)nc1ccccc12. The van der Waals surface area contributed by atoms with Gasteiger partial charge in [-0.25, -0.2) is 4.98 Å². The molecule has 0 saturated heterocycles. The van der Waals surface area contributed by atoms with Gasteiger partial charge in [0.25, 0.3) is 0 Å². The van der Waals surface area contributed by atoms with Crippen molar-refractivity contribution in [3.8, 4) is 6.07 Å². The molecule has 2 aromatic carbocycles. The van der Waals surface area contributed by atoms with Crippen LogP contribution in [-0.4, -0.2) is 4.98 Å². The Morgan fingerprint density at radius 1 is 0.950 bits per heavy atom. The molecule has 0 spiro atoms. The zero-order chi connectivity index (χ0) is 14.3. The Hall–Kier alpha value is -2.61. The van der Waals surface area contributed by atoms with Gasteiger partial charge in [0, 0.05) is 10.8 Å². The van der Waals surface area contributed by atoms with Crippen molar-refractivity contribution in [2.45, 2.75) is 6.18 Å². The van der Waals surface area contributed by atoms with Crippen molar-refractivity contribution in [1.29, 1.82) is 5.26 Å². The minimum atomic E-state index is -4.56. The van der Waals surface area contributed by atoms with Gasteiger partial charge in [0.2, 0.25) is 0 Å². The zero-order valence-corrected chi connectivity index (χ0v) is 10.1. The number of nitrogens with zero attached hydrogens (tertiary/aromatic N) is 2. The Morgan fingerprint density at radius 2 is 1.70 bits per heavy atom. The van der Waals surface area contributed by atoms with Gasteiger partial charge in [-0.1, -0.05) is 24.3 Å². The average molecular weight is 272 g/mol. The van der Waals surface area contributed by atoms with E-state index in [4.69, 9.17) is 5.26 Å². The number of hydrogen-bond donors (Lipinski definition) is 0. The first kappa shape index (κ1) is 12.4. The normalized spacial score (nSPS) is 11.7. The lowest BCUT2D eigenvalue weighted by Gasteiger charge is -2.12. The summed E-state index contributed by atoms with van der Waals surface area (Å²) in [6.07, 6.45) is -4.56. The highest BCUT2D eigenvalue weighted by Crippen LogP contribution is 2.36. The highest BCUT2D eigenvalue weighted by Gasteiger charge is 2.35. The number of fused-ring (bicyclic) bond motifs is 3. The van der Waals surface area contributed by atoms with Gasteiger partial charge in [-0.2, -0.15) is 18.4 Å². The summed E-state index contributed by atoms with van der Waals surface area (Å²) < 4.78 is 39.4. The Balaban J connectivity index is 2.54. The second kappa shape index (κ2) is 4.20. The van der Waals surface area contributed by atoms with E-state index in [2.05, 4.69) is 4.98 Å².